The lowest BCUT2D eigenvalue weighted by molar-refractivity contribution is -0.156. The van der Waals surface area contributed by atoms with Gasteiger partial charge in [0.05, 0.1) is 24.0 Å². The smallest absolute Gasteiger partial charge is 0.307 e. The van der Waals surface area contributed by atoms with Gasteiger partial charge in [0, 0.05) is 13.1 Å². The van der Waals surface area contributed by atoms with Crippen molar-refractivity contribution in [3.8, 4) is 0 Å². The second-order valence-electron chi connectivity index (χ2n) is 6.66. The lowest BCUT2D eigenvalue weighted by Crippen LogP contribution is -2.52. The molecule has 3 unspecified atom stereocenters. The second-order valence-corrected chi connectivity index (χ2v) is 6.66. The van der Waals surface area contributed by atoms with Gasteiger partial charge in [0.25, 0.3) is 0 Å². The molecule has 0 spiro atoms. The fraction of sp³-hybridized carbons (Fsp3) is 0.867. The first-order chi connectivity index (χ1) is 9.34. The van der Waals surface area contributed by atoms with Gasteiger partial charge in [0.15, 0.2) is 0 Å². The maximum atomic E-state index is 12.7. The Morgan fingerprint density at radius 3 is 2.50 bits per heavy atom. The zero-order chi connectivity index (χ0) is 14.9. The number of nitrogens with zero attached hydrogens (tertiary/aromatic N) is 1. The highest BCUT2D eigenvalue weighted by atomic mass is 16.5. The van der Waals surface area contributed by atoms with Crippen LogP contribution < -0.4 is 0 Å². The first-order valence-corrected chi connectivity index (χ1v) is 7.49. The highest BCUT2D eigenvalue weighted by Crippen LogP contribution is 2.39. The van der Waals surface area contributed by atoms with Crippen molar-refractivity contribution in [1.82, 2.24) is 4.90 Å². The lowest BCUT2D eigenvalue weighted by Gasteiger charge is -2.39. The summed E-state index contributed by atoms with van der Waals surface area (Å²) in [6.07, 6.45) is 2.29. The molecule has 114 valence electrons. The van der Waals surface area contributed by atoms with Crippen LogP contribution in [0.1, 0.15) is 40.0 Å². The van der Waals surface area contributed by atoms with E-state index in [4.69, 9.17) is 4.74 Å². The number of amides is 1. The summed E-state index contributed by atoms with van der Waals surface area (Å²) in [5.74, 6) is -1.33. The topological polar surface area (TPSA) is 66.8 Å². The minimum Gasteiger partial charge on any atom is -0.481 e. The van der Waals surface area contributed by atoms with Crippen LogP contribution in [0.15, 0.2) is 0 Å². The van der Waals surface area contributed by atoms with Crippen LogP contribution in [0.2, 0.25) is 0 Å². The predicted octanol–water partition coefficient (Wildman–Crippen LogP) is 1.76. The van der Waals surface area contributed by atoms with Gasteiger partial charge in [-0.1, -0.05) is 13.3 Å². The number of ether oxygens (including phenoxy) is 1. The molecule has 2 aliphatic rings. The van der Waals surface area contributed by atoms with Crippen molar-refractivity contribution >= 4 is 11.9 Å². The Labute approximate surface area is 120 Å². The second kappa shape index (κ2) is 5.72. The maximum absolute atomic E-state index is 12.7. The minimum atomic E-state index is -0.827. The van der Waals surface area contributed by atoms with Crippen molar-refractivity contribution in [2.45, 2.75) is 45.6 Å². The quantitative estimate of drug-likeness (QED) is 0.857. The maximum Gasteiger partial charge on any atom is 0.307 e. The van der Waals surface area contributed by atoms with E-state index in [9.17, 15) is 14.7 Å². The van der Waals surface area contributed by atoms with Gasteiger partial charge in [-0.3, -0.25) is 9.59 Å². The molecule has 1 aliphatic carbocycles. The molecule has 2 rings (SSSR count). The van der Waals surface area contributed by atoms with Gasteiger partial charge in [-0.15, -0.1) is 0 Å². The van der Waals surface area contributed by atoms with E-state index in [-0.39, 0.29) is 17.4 Å². The van der Waals surface area contributed by atoms with Crippen molar-refractivity contribution in [2.24, 2.45) is 17.8 Å². The van der Waals surface area contributed by atoms with Crippen molar-refractivity contribution < 1.29 is 19.4 Å². The summed E-state index contributed by atoms with van der Waals surface area (Å²) in [6.45, 7) is 7.64. The molecule has 0 bridgehead atoms. The van der Waals surface area contributed by atoms with Crippen molar-refractivity contribution in [2.75, 3.05) is 19.7 Å². The molecular weight excluding hydrogens is 258 g/mol. The van der Waals surface area contributed by atoms with Crippen LogP contribution in [-0.4, -0.2) is 47.2 Å². The van der Waals surface area contributed by atoms with Gasteiger partial charge in [-0.2, -0.15) is 0 Å². The zero-order valence-electron chi connectivity index (χ0n) is 12.6. The van der Waals surface area contributed by atoms with Crippen LogP contribution in [0.25, 0.3) is 0 Å². The molecular formula is C15H25NO4. The standard InChI is InChI=1S/C15H25NO4/c1-4-10-7-11(12(8-10)14(18)19)13(17)16-5-6-20-15(2,3)9-16/h10-12H,4-9H2,1-3H3,(H,18,19). The number of hydrogen-bond acceptors (Lipinski definition) is 3. The molecule has 1 saturated carbocycles. The first-order valence-electron chi connectivity index (χ1n) is 7.49. The van der Waals surface area contributed by atoms with Crippen LogP contribution in [0.5, 0.6) is 0 Å². The van der Waals surface area contributed by atoms with E-state index in [1.165, 1.54) is 0 Å². The fourth-order valence-electron chi connectivity index (χ4n) is 3.46. The Hall–Kier alpha value is -1.10. The van der Waals surface area contributed by atoms with E-state index >= 15 is 0 Å². The molecule has 0 aromatic carbocycles. The summed E-state index contributed by atoms with van der Waals surface area (Å²) in [4.78, 5) is 25.9. The van der Waals surface area contributed by atoms with E-state index in [0.29, 0.717) is 38.5 Å². The lowest BCUT2D eigenvalue weighted by atomic mass is 9.94. The van der Waals surface area contributed by atoms with Gasteiger partial charge in [0.2, 0.25) is 5.91 Å². The summed E-state index contributed by atoms with van der Waals surface area (Å²) in [5, 5.41) is 9.35. The normalized spacial score (nSPS) is 33.1. The van der Waals surface area contributed by atoms with Gasteiger partial charge in [-0.05, 0) is 32.6 Å². The van der Waals surface area contributed by atoms with Crippen molar-refractivity contribution in [1.29, 1.82) is 0 Å². The van der Waals surface area contributed by atoms with Gasteiger partial charge >= 0.3 is 5.97 Å². The Morgan fingerprint density at radius 2 is 1.95 bits per heavy atom. The molecule has 0 aromatic heterocycles. The van der Waals surface area contributed by atoms with Crippen LogP contribution in [0.4, 0.5) is 0 Å². The molecule has 5 heteroatoms. The third kappa shape index (κ3) is 3.14. The molecule has 1 amide bonds. The molecule has 0 aromatic rings. The van der Waals surface area contributed by atoms with Crippen LogP contribution in [0, 0.1) is 17.8 Å². The van der Waals surface area contributed by atoms with E-state index in [1.807, 2.05) is 13.8 Å². The molecule has 1 aliphatic heterocycles. The average Bonchev–Trinajstić information content (AvgIpc) is 2.81. The summed E-state index contributed by atoms with van der Waals surface area (Å²) in [6, 6.07) is 0. The number of carbonyl (C=O) groups is 2. The first kappa shape index (κ1) is 15.3. The molecule has 5 nitrogen and oxygen atoms in total. The van der Waals surface area contributed by atoms with Gasteiger partial charge < -0.3 is 14.7 Å². The molecule has 2 fully saturated rings. The Morgan fingerprint density at radius 1 is 1.30 bits per heavy atom. The molecule has 0 radical (unpaired) electrons. The molecule has 3 atom stereocenters. The van der Waals surface area contributed by atoms with Gasteiger partial charge in [0.1, 0.15) is 0 Å². The molecule has 1 N–H and O–H groups in total. The van der Waals surface area contributed by atoms with E-state index in [1.54, 1.807) is 4.90 Å². The van der Waals surface area contributed by atoms with E-state index < -0.39 is 11.9 Å². The Balaban J connectivity index is 2.08. The number of carboxylic acids is 1. The number of aliphatic carboxylic acids is 1. The Kier molecular flexibility index (Phi) is 4.37. The van der Waals surface area contributed by atoms with Crippen molar-refractivity contribution in [3.05, 3.63) is 0 Å². The zero-order valence-corrected chi connectivity index (χ0v) is 12.6. The highest BCUT2D eigenvalue weighted by molar-refractivity contribution is 5.85. The summed E-state index contributed by atoms with van der Waals surface area (Å²) < 4.78 is 5.61. The fourth-order valence-corrected chi connectivity index (χ4v) is 3.46. The van der Waals surface area contributed by atoms with E-state index in [0.717, 1.165) is 6.42 Å². The summed E-state index contributed by atoms with van der Waals surface area (Å²) >= 11 is 0. The van der Waals surface area contributed by atoms with Crippen LogP contribution in [-0.2, 0) is 14.3 Å². The number of carbonyl (C=O) groups excluding carboxylic acids is 1. The average molecular weight is 283 g/mol. The number of morpholine rings is 1. The number of hydrogen-bond donors (Lipinski definition) is 1. The number of rotatable bonds is 3. The molecule has 20 heavy (non-hydrogen) atoms. The minimum absolute atomic E-state index is 0.00438. The SMILES string of the molecule is CCC1CC(C(=O)O)C(C(=O)N2CCOC(C)(C)C2)C1. The highest BCUT2D eigenvalue weighted by Gasteiger charge is 2.44. The van der Waals surface area contributed by atoms with Gasteiger partial charge in [-0.25, -0.2) is 0 Å². The molecule has 1 heterocycles. The van der Waals surface area contributed by atoms with Crippen LogP contribution in [0.3, 0.4) is 0 Å². The van der Waals surface area contributed by atoms with E-state index in [2.05, 4.69) is 6.92 Å². The van der Waals surface area contributed by atoms with Crippen molar-refractivity contribution in [3.63, 3.8) is 0 Å². The third-order valence-corrected chi connectivity index (χ3v) is 4.61. The summed E-state index contributed by atoms with van der Waals surface area (Å²) in [7, 11) is 0. The summed E-state index contributed by atoms with van der Waals surface area (Å²) in [5.41, 5.74) is -0.338. The third-order valence-electron chi connectivity index (χ3n) is 4.61. The molecule has 1 saturated heterocycles. The number of carboxylic acid groups (broad SMARTS) is 1. The largest absolute Gasteiger partial charge is 0.481 e. The predicted molar refractivity (Wildman–Crippen MR) is 74.2 cm³/mol. The monoisotopic (exact) mass is 283 g/mol. The Bertz CT molecular complexity index is 393. The van der Waals surface area contributed by atoms with Crippen LogP contribution >= 0.6 is 0 Å².